The first-order chi connectivity index (χ1) is 12.9. The van der Waals surface area contributed by atoms with Crippen molar-refractivity contribution in [1.82, 2.24) is 5.32 Å². The van der Waals surface area contributed by atoms with Crippen molar-refractivity contribution in [2.45, 2.75) is 39.0 Å². The van der Waals surface area contributed by atoms with Gasteiger partial charge in [-0.2, -0.15) is 11.8 Å². The highest BCUT2D eigenvalue weighted by molar-refractivity contribution is 7.98. The minimum absolute atomic E-state index is 0.0898. The Balaban J connectivity index is 1.78. The van der Waals surface area contributed by atoms with E-state index in [0.29, 0.717) is 28.8 Å². The number of benzene rings is 2. The first-order valence-corrected chi connectivity index (χ1v) is 10.8. The van der Waals surface area contributed by atoms with Crippen molar-refractivity contribution in [3.8, 4) is 5.75 Å². The standard InChI is InChI=1S/C21H25Cl2NO2S/c1-4-20(26-16-11-14(2)10-15(3)12-16)21(25)24-8-9-27-13-17-18(22)6-5-7-19(17)23/h5-7,10-12,20H,4,8-9,13H2,1-3H3,(H,24,25)/t20-/m1/s1. The molecule has 0 aliphatic heterocycles. The van der Waals surface area contributed by atoms with E-state index in [9.17, 15) is 4.79 Å². The number of amides is 1. The van der Waals surface area contributed by atoms with Gasteiger partial charge in [0.05, 0.1) is 0 Å². The van der Waals surface area contributed by atoms with Gasteiger partial charge >= 0.3 is 0 Å². The highest BCUT2D eigenvalue weighted by Crippen LogP contribution is 2.28. The Morgan fingerprint density at radius 1 is 1.15 bits per heavy atom. The second-order valence-electron chi connectivity index (χ2n) is 6.38. The van der Waals surface area contributed by atoms with Crippen LogP contribution in [0.1, 0.15) is 30.0 Å². The molecule has 2 rings (SSSR count). The van der Waals surface area contributed by atoms with Crippen LogP contribution in [0.25, 0.3) is 0 Å². The monoisotopic (exact) mass is 425 g/mol. The van der Waals surface area contributed by atoms with Gasteiger partial charge in [-0.3, -0.25) is 4.79 Å². The molecule has 1 N–H and O–H groups in total. The SMILES string of the molecule is CC[C@@H](Oc1cc(C)cc(C)c1)C(=O)NCCSCc1c(Cl)cccc1Cl. The maximum atomic E-state index is 12.4. The largest absolute Gasteiger partial charge is 0.481 e. The average Bonchev–Trinajstić information content (AvgIpc) is 2.60. The molecule has 0 aliphatic rings. The molecule has 2 aromatic rings. The molecule has 1 amide bonds. The molecule has 0 radical (unpaired) electrons. The summed E-state index contributed by atoms with van der Waals surface area (Å²) in [6, 6.07) is 11.5. The summed E-state index contributed by atoms with van der Waals surface area (Å²) in [5.41, 5.74) is 3.17. The summed E-state index contributed by atoms with van der Waals surface area (Å²) in [5.74, 6) is 2.13. The lowest BCUT2D eigenvalue weighted by atomic mass is 10.1. The van der Waals surface area contributed by atoms with Crippen molar-refractivity contribution in [1.29, 1.82) is 0 Å². The number of nitrogens with one attached hydrogen (secondary N) is 1. The number of rotatable bonds is 9. The molecule has 0 saturated carbocycles. The third-order valence-corrected chi connectivity index (χ3v) is 5.68. The van der Waals surface area contributed by atoms with Crippen LogP contribution in [0.15, 0.2) is 36.4 Å². The van der Waals surface area contributed by atoms with Crippen LogP contribution in [0.4, 0.5) is 0 Å². The first kappa shape index (κ1) is 21.9. The maximum absolute atomic E-state index is 12.4. The zero-order valence-electron chi connectivity index (χ0n) is 15.9. The van der Waals surface area contributed by atoms with Gasteiger partial charge in [0.25, 0.3) is 5.91 Å². The van der Waals surface area contributed by atoms with Crippen molar-refractivity contribution in [3.05, 3.63) is 63.1 Å². The van der Waals surface area contributed by atoms with E-state index < -0.39 is 6.10 Å². The van der Waals surface area contributed by atoms with Crippen LogP contribution in [0, 0.1) is 13.8 Å². The predicted molar refractivity (Wildman–Crippen MR) is 116 cm³/mol. The van der Waals surface area contributed by atoms with E-state index >= 15 is 0 Å². The number of thioether (sulfide) groups is 1. The zero-order chi connectivity index (χ0) is 19.8. The summed E-state index contributed by atoms with van der Waals surface area (Å²) in [6.45, 7) is 6.55. The Hall–Kier alpha value is -1.36. The molecule has 0 aliphatic carbocycles. The predicted octanol–water partition coefficient (Wildman–Crippen LogP) is 5.82. The van der Waals surface area contributed by atoms with Gasteiger partial charge in [0.15, 0.2) is 6.10 Å². The average molecular weight is 426 g/mol. The lowest BCUT2D eigenvalue weighted by molar-refractivity contribution is -0.127. The smallest absolute Gasteiger partial charge is 0.261 e. The molecule has 0 aromatic heterocycles. The molecular weight excluding hydrogens is 401 g/mol. The lowest BCUT2D eigenvalue weighted by Crippen LogP contribution is -2.39. The highest BCUT2D eigenvalue weighted by Gasteiger charge is 2.18. The van der Waals surface area contributed by atoms with E-state index in [1.165, 1.54) is 0 Å². The first-order valence-electron chi connectivity index (χ1n) is 8.94. The fourth-order valence-corrected chi connectivity index (χ4v) is 4.29. The topological polar surface area (TPSA) is 38.3 Å². The van der Waals surface area contributed by atoms with E-state index in [0.717, 1.165) is 28.2 Å². The molecule has 2 aromatic carbocycles. The number of ether oxygens (including phenoxy) is 1. The summed E-state index contributed by atoms with van der Waals surface area (Å²) in [7, 11) is 0. The third kappa shape index (κ3) is 6.95. The van der Waals surface area contributed by atoms with Gasteiger partial charge in [-0.25, -0.2) is 0 Å². The molecule has 0 spiro atoms. The van der Waals surface area contributed by atoms with Gasteiger partial charge in [-0.05, 0) is 61.2 Å². The Morgan fingerprint density at radius 3 is 2.37 bits per heavy atom. The van der Waals surface area contributed by atoms with Gasteiger partial charge in [0.2, 0.25) is 0 Å². The number of carbonyl (C=O) groups is 1. The van der Waals surface area contributed by atoms with Gasteiger partial charge in [-0.1, -0.05) is 42.3 Å². The summed E-state index contributed by atoms with van der Waals surface area (Å²) >= 11 is 14.0. The van der Waals surface area contributed by atoms with Crippen LogP contribution in [-0.4, -0.2) is 24.3 Å². The molecule has 0 saturated heterocycles. The van der Waals surface area contributed by atoms with Crippen molar-refractivity contribution < 1.29 is 9.53 Å². The molecular formula is C21H25Cl2NO2S. The molecule has 3 nitrogen and oxygen atoms in total. The number of aryl methyl sites for hydroxylation is 2. The summed E-state index contributed by atoms with van der Waals surface area (Å²) in [4.78, 5) is 12.4. The van der Waals surface area contributed by atoms with Crippen molar-refractivity contribution >= 4 is 40.9 Å². The van der Waals surface area contributed by atoms with Crippen molar-refractivity contribution in [2.75, 3.05) is 12.3 Å². The van der Waals surface area contributed by atoms with E-state index in [4.69, 9.17) is 27.9 Å². The van der Waals surface area contributed by atoms with Crippen LogP contribution in [0.2, 0.25) is 10.0 Å². The molecule has 0 heterocycles. The second-order valence-corrected chi connectivity index (χ2v) is 8.30. The van der Waals surface area contributed by atoms with Crippen LogP contribution >= 0.6 is 35.0 Å². The fourth-order valence-electron chi connectivity index (χ4n) is 2.69. The Bertz CT molecular complexity index is 742. The summed E-state index contributed by atoms with van der Waals surface area (Å²) < 4.78 is 5.89. The van der Waals surface area contributed by atoms with Crippen LogP contribution < -0.4 is 10.1 Å². The Morgan fingerprint density at radius 2 is 1.78 bits per heavy atom. The van der Waals surface area contributed by atoms with Crippen LogP contribution in [0.3, 0.4) is 0 Å². The minimum atomic E-state index is -0.491. The minimum Gasteiger partial charge on any atom is -0.481 e. The Labute approximate surface area is 175 Å². The van der Waals surface area contributed by atoms with E-state index in [-0.39, 0.29) is 5.91 Å². The zero-order valence-corrected chi connectivity index (χ0v) is 18.2. The van der Waals surface area contributed by atoms with Gasteiger partial charge in [0, 0.05) is 28.1 Å². The van der Waals surface area contributed by atoms with Gasteiger partial charge < -0.3 is 10.1 Å². The highest BCUT2D eigenvalue weighted by atomic mass is 35.5. The molecule has 0 bridgehead atoms. The molecule has 1 atom stereocenters. The second kappa shape index (κ2) is 10.8. The van der Waals surface area contributed by atoms with Crippen molar-refractivity contribution in [3.63, 3.8) is 0 Å². The lowest BCUT2D eigenvalue weighted by Gasteiger charge is -2.18. The summed E-state index contributed by atoms with van der Waals surface area (Å²) in [6.07, 6.45) is 0.121. The quantitative estimate of drug-likeness (QED) is 0.514. The molecule has 146 valence electrons. The van der Waals surface area contributed by atoms with Crippen LogP contribution in [0.5, 0.6) is 5.75 Å². The van der Waals surface area contributed by atoms with E-state index in [1.807, 2.05) is 51.1 Å². The maximum Gasteiger partial charge on any atom is 0.261 e. The van der Waals surface area contributed by atoms with Crippen LogP contribution in [-0.2, 0) is 10.5 Å². The molecule has 6 heteroatoms. The van der Waals surface area contributed by atoms with Crippen molar-refractivity contribution in [2.24, 2.45) is 0 Å². The number of halogens is 2. The normalized spacial score (nSPS) is 11.9. The van der Waals surface area contributed by atoms with Gasteiger partial charge in [-0.15, -0.1) is 0 Å². The molecule has 0 fully saturated rings. The van der Waals surface area contributed by atoms with Gasteiger partial charge in [0.1, 0.15) is 5.75 Å². The number of carbonyl (C=O) groups excluding carboxylic acids is 1. The number of hydrogen-bond donors (Lipinski definition) is 1. The van der Waals surface area contributed by atoms with E-state index in [2.05, 4.69) is 11.4 Å². The molecule has 27 heavy (non-hydrogen) atoms. The molecule has 0 unspecified atom stereocenters. The fraction of sp³-hybridized carbons (Fsp3) is 0.381. The third-order valence-electron chi connectivity index (χ3n) is 3.99. The summed E-state index contributed by atoms with van der Waals surface area (Å²) in [5, 5.41) is 4.29. The van der Waals surface area contributed by atoms with E-state index in [1.54, 1.807) is 11.8 Å². The Kier molecular flexibility index (Phi) is 8.81. The number of hydrogen-bond acceptors (Lipinski definition) is 3.